The van der Waals surface area contributed by atoms with Crippen molar-refractivity contribution in [2.24, 2.45) is 0 Å². The highest BCUT2D eigenvalue weighted by molar-refractivity contribution is 5.76. The number of aliphatic hydroxyl groups excluding tert-OH is 1. The molecule has 1 N–H and O–H groups in total. The number of nitrogens with zero attached hydrogens (tertiary/aromatic N) is 2. The largest absolute Gasteiger partial charge is 0.441 e. The van der Waals surface area contributed by atoms with Crippen LogP contribution in [0.25, 0.3) is 11.3 Å². The Balaban J connectivity index is 1.95. The van der Waals surface area contributed by atoms with Gasteiger partial charge in [0.1, 0.15) is 0 Å². The molecular formula is C17H22N2O3. The van der Waals surface area contributed by atoms with E-state index < -0.39 is 0 Å². The second kappa shape index (κ2) is 7.22. The van der Waals surface area contributed by atoms with Crippen LogP contribution in [0.3, 0.4) is 0 Å². The van der Waals surface area contributed by atoms with Gasteiger partial charge in [-0.05, 0) is 13.8 Å². The van der Waals surface area contributed by atoms with Gasteiger partial charge in [0.15, 0.2) is 11.7 Å². The molecule has 0 radical (unpaired) electrons. The third-order valence-electron chi connectivity index (χ3n) is 3.76. The number of likely N-dealkylation sites (N-methyl/N-ethyl adjacent to an activating group) is 1. The summed E-state index contributed by atoms with van der Waals surface area (Å²) in [5.74, 6) is 1.23. The van der Waals surface area contributed by atoms with E-state index in [1.54, 1.807) is 25.1 Å². The smallest absolute Gasteiger partial charge is 0.223 e. The molecule has 0 bridgehead atoms. The fourth-order valence-corrected chi connectivity index (χ4v) is 2.04. The maximum atomic E-state index is 12.0. The maximum absolute atomic E-state index is 12.0. The van der Waals surface area contributed by atoms with Crippen LogP contribution in [-0.4, -0.2) is 40.6 Å². The molecule has 118 valence electrons. The van der Waals surface area contributed by atoms with E-state index in [1.807, 2.05) is 31.2 Å². The number of rotatable bonds is 6. The second-order valence-corrected chi connectivity index (χ2v) is 5.52. The van der Waals surface area contributed by atoms with Crippen LogP contribution in [0.15, 0.2) is 34.9 Å². The zero-order valence-electron chi connectivity index (χ0n) is 13.2. The maximum Gasteiger partial charge on any atom is 0.223 e. The predicted molar refractivity (Wildman–Crippen MR) is 84.3 cm³/mol. The fraction of sp³-hybridized carbons (Fsp3) is 0.412. The SMILES string of the molecule is Cc1ccc(-c2cnc(CCC(=O)N(C)[C@H](C)CO)o2)cc1. The molecule has 0 aliphatic heterocycles. The normalized spacial score (nSPS) is 12.2. The summed E-state index contributed by atoms with van der Waals surface area (Å²) >= 11 is 0. The zero-order chi connectivity index (χ0) is 16.1. The molecule has 0 aliphatic carbocycles. The molecule has 0 saturated heterocycles. The molecule has 0 unspecified atom stereocenters. The molecular weight excluding hydrogens is 280 g/mol. The minimum atomic E-state index is -0.180. The molecule has 22 heavy (non-hydrogen) atoms. The first kappa shape index (κ1) is 16.2. The summed E-state index contributed by atoms with van der Waals surface area (Å²) in [5, 5.41) is 9.06. The highest BCUT2D eigenvalue weighted by atomic mass is 16.4. The molecule has 0 spiro atoms. The average molecular weight is 302 g/mol. The Labute approximate surface area is 130 Å². The lowest BCUT2D eigenvalue weighted by atomic mass is 10.1. The predicted octanol–water partition coefficient (Wildman–Crippen LogP) is 2.42. The monoisotopic (exact) mass is 302 g/mol. The van der Waals surface area contributed by atoms with E-state index in [2.05, 4.69) is 4.98 Å². The van der Waals surface area contributed by atoms with E-state index in [1.165, 1.54) is 5.56 Å². The quantitative estimate of drug-likeness (QED) is 0.890. The van der Waals surface area contributed by atoms with Gasteiger partial charge in [-0.3, -0.25) is 4.79 Å². The van der Waals surface area contributed by atoms with E-state index >= 15 is 0 Å². The lowest BCUT2D eigenvalue weighted by Gasteiger charge is -2.22. The number of hydrogen-bond donors (Lipinski definition) is 1. The van der Waals surface area contributed by atoms with Gasteiger partial charge in [0.2, 0.25) is 5.91 Å². The summed E-state index contributed by atoms with van der Waals surface area (Å²) in [7, 11) is 1.69. The van der Waals surface area contributed by atoms with E-state index in [0.717, 1.165) is 5.56 Å². The van der Waals surface area contributed by atoms with E-state index in [0.29, 0.717) is 24.5 Å². The van der Waals surface area contributed by atoms with Crippen molar-refractivity contribution in [3.63, 3.8) is 0 Å². The number of hydrogen-bond acceptors (Lipinski definition) is 4. The number of carbonyl (C=O) groups excluding carboxylic acids is 1. The van der Waals surface area contributed by atoms with Crippen molar-refractivity contribution in [2.75, 3.05) is 13.7 Å². The third kappa shape index (κ3) is 3.95. The lowest BCUT2D eigenvalue weighted by molar-refractivity contribution is -0.132. The molecule has 0 saturated carbocycles. The Morgan fingerprint density at radius 1 is 1.36 bits per heavy atom. The van der Waals surface area contributed by atoms with Crippen LogP contribution < -0.4 is 0 Å². The van der Waals surface area contributed by atoms with Gasteiger partial charge in [0.25, 0.3) is 0 Å². The molecule has 2 aromatic rings. The first-order valence-corrected chi connectivity index (χ1v) is 7.39. The Bertz CT molecular complexity index is 619. The molecule has 1 amide bonds. The molecule has 1 aromatic carbocycles. The fourth-order valence-electron chi connectivity index (χ4n) is 2.04. The third-order valence-corrected chi connectivity index (χ3v) is 3.76. The van der Waals surface area contributed by atoms with Crippen LogP contribution >= 0.6 is 0 Å². The van der Waals surface area contributed by atoms with Crippen LogP contribution in [0.5, 0.6) is 0 Å². The van der Waals surface area contributed by atoms with Crippen LogP contribution in [0.4, 0.5) is 0 Å². The Hall–Kier alpha value is -2.14. The van der Waals surface area contributed by atoms with Crippen LogP contribution in [0.2, 0.25) is 0 Å². The van der Waals surface area contributed by atoms with Crippen molar-refractivity contribution < 1.29 is 14.3 Å². The Morgan fingerprint density at radius 2 is 2.05 bits per heavy atom. The number of aryl methyl sites for hydroxylation is 2. The number of carbonyl (C=O) groups is 1. The van der Waals surface area contributed by atoms with Gasteiger partial charge in [0.05, 0.1) is 18.8 Å². The molecule has 0 aliphatic rings. The van der Waals surface area contributed by atoms with E-state index in [-0.39, 0.29) is 18.6 Å². The first-order valence-electron chi connectivity index (χ1n) is 7.39. The molecule has 0 fully saturated rings. The van der Waals surface area contributed by atoms with Crippen molar-refractivity contribution in [3.05, 3.63) is 41.9 Å². The highest BCUT2D eigenvalue weighted by Gasteiger charge is 2.16. The average Bonchev–Trinajstić information content (AvgIpc) is 3.00. The minimum absolute atomic E-state index is 0.0309. The van der Waals surface area contributed by atoms with Crippen molar-refractivity contribution in [3.8, 4) is 11.3 Å². The van der Waals surface area contributed by atoms with Crippen molar-refractivity contribution in [1.82, 2.24) is 9.88 Å². The van der Waals surface area contributed by atoms with Gasteiger partial charge < -0.3 is 14.4 Å². The number of amides is 1. The van der Waals surface area contributed by atoms with Crippen LogP contribution in [0.1, 0.15) is 24.8 Å². The van der Waals surface area contributed by atoms with Crippen molar-refractivity contribution in [2.45, 2.75) is 32.7 Å². The van der Waals surface area contributed by atoms with Crippen LogP contribution in [-0.2, 0) is 11.2 Å². The minimum Gasteiger partial charge on any atom is -0.441 e. The molecule has 1 atom stereocenters. The van der Waals surface area contributed by atoms with Crippen molar-refractivity contribution >= 4 is 5.91 Å². The molecule has 5 heteroatoms. The van der Waals surface area contributed by atoms with Gasteiger partial charge in [-0.1, -0.05) is 29.8 Å². The summed E-state index contributed by atoms with van der Waals surface area (Å²) in [6.45, 7) is 3.79. The van der Waals surface area contributed by atoms with Gasteiger partial charge in [0, 0.05) is 25.5 Å². The van der Waals surface area contributed by atoms with Gasteiger partial charge in [-0.2, -0.15) is 0 Å². The van der Waals surface area contributed by atoms with Gasteiger partial charge in [-0.15, -0.1) is 0 Å². The van der Waals surface area contributed by atoms with Crippen molar-refractivity contribution in [1.29, 1.82) is 0 Å². The summed E-state index contributed by atoms with van der Waals surface area (Å²) in [5.41, 5.74) is 2.16. The summed E-state index contributed by atoms with van der Waals surface area (Å²) in [4.78, 5) is 17.7. The standard InChI is InChI=1S/C17H22N2O3/c1-12-4-6-14(7-5-12)15-10-18-16(22-15)8-9-17(21)19(3)13(2)11-20/h4-7,10,13,20H,8-9,11H2,1-3H3/t13-/m1/s1. The number of aliphatic hydroxyl groups is 1. The van der Waals surface area contributed by atoms with Gasteiger partial charge >= 0.3 is 0 Å². The summed E-state index contributed by atoms with van der Waals surface area (Å²) < 4.78 is 5.70. The van der Waals surface area contributed by atoms with Gasteiger partial charge in [-0.25, -0.2) is 4.98 Å². The van der Waals surface area contributed by atoms with E-state index in [4.69, 9.17) is 9.52 Å². The Morgan fingerprint density at radius 3 is 2.68 bits per heavy atom. The van der Waals surface area contributed by atoms with Crippen LogP contribution in [0, 0.1) is 6.92 Å². The number of oxazole rings is 1. The summed E-state index contributed by atoms with van der Waals surface area (Å²) in [6.07, 6.45) is 2.45. The van der Waals surface area contributed by atoms with E-state index in [9.17, 15) is 4.79 Å². The highest BCUT2D eigenvalue weighted by Crippen LogP contribution is 2.21. The zero-order valence-corrected chi connectivity index (χ0v) is 13.2. The number of aromatic nitrogens is 1. The molecule has 1 heterocycles. The topological polar surface area (TPSA) is 66.6 Å². The summed E-state index contributed by atoms with van der Waals surface area (Å²) in [6, 6.07) is 7.84. The lowest BCUT2D eigenvalue weighted by Crippen LogP contribution is -2.37. The number of benzene rings is 1. The molecule has 5 nitrogen and oxygen atoms in total. The second-order valence-electron chi connectivity index (χ2n) is 5.52. The Kier molecular flexibility index (Phi) is 5.33. The molecule has 2 rings (SSSR count). The molecule has 1 aromatic heterocycles. The first-order chi connectivity index (χ1) is 10.5.